The Morgan fingerprint density at radius 3 is 2.76 bits per heavy atom. The van der Waals surface area contributed by atoms with Crippen molar-refractivity contribution in [2.24, 2.45) is 0 Å². The van der Waals surface area contributed by atoms with Gasteiger partial charge in [-0.1, -0.05) is 40.7 Å². The predicted octanol–water partition coefficient (Wildman–Crippen LogP) is 4.47. The lowest BCUT2D eigenvalue weighted by Gasteiger charge is -2.11. The number of aryl methyl sites for hydroxylation is 1. The Bertz CT molecular complexity index is 1490. The molecule has 3 heterocycles. The fraction of sp³-hybridized carbons (Fsp3) is 0.261. The maximum absolute atomic E-state index is 13.1. The summed E-state index contributed by atoms with van der Waals surface area (Å²) in [6, 6.07) is 14.7. The molecule has 0 N–H and O–H groups in total. The van der Waals surface area contributed by atoms with Crippen molar-refractivity contribution < 1.29 is 9.26 Å². The van der Waals surface area contributed by atoms with Gasteiger partial charge in [0.25, 0.3) is 5.56 Å². The molecule has 0 amide bonds. The van der Waals surface area contributed by atoms with Crippen molar-refractivity contribution >= 4 is 40.0 Å². The minimum Gasteiger partial charge on any atom is -0.382 e. The van der Waals surface area contributed by atoms with Gasteiger partial charge in [-0.2, -0.15) is 4.98 Å². The monoisotopic (exact) mass is 496 g/mol. The maximum Gasteiger partial charge on any atom is 0.262 e. The van der Waals surface area contributed by atoms with Gasteiger partial charge in [-0.15, -0.1) is 10.2 Å². The van der Waals surface area contributed by atoms with Gasteiger partial charge < -0.3 is 9.26 Å². The number of benzene rings is 2. The van der Waals surface area contributed by atoms with E-state index in [1.54, 1.807) is 16.7 Å². The quantitative estimate of drug-likeness (QED) is 0.218. The summed E-state index contributed by atoms with van der Waals surface area (Å²) in [6.07, 6.45) is 0.701. The zero-order valence-electron chi connectivity index (χ0n) is 18.3. The number of halogens is 1. The first-order chi connectivity index (χ1) is 16.7. The van der Waals surface area contributed by atoms with E-state index in [-0.39, 0.29) is 5.56 Å². The van der Waals surface area contributed by atoms with E-state index in [0.717, 1.165) is 11.1 Å². The van der Waals surface area contributed by atoms with Crippen LogP contribution in [0.25, 0.3) is 28.1 Å². The summed E-state index contributed by atoms with van der Waals surface area (Å²) in [4.78, 5) is 17.6. The molecule has 0 atom stereocenters. The van der Waals surface area contributed by atoms with Crippen molar-refractivity contribution in [2.45, 2.75) is 30.8 Å². The lowest BCUT2D eigenvalue weighted by molar-refractivity contribution is 0.141. The molecule has 5 rings (SSSR count). The van der Waals surface area contributed by atoms with E-state index >= 15 is 0 Å². The molecule has 34 heavy (non-hydrogen) atoms. The molecule has 0 unspecified atom stereocenters. The molecule has 0 spiro atoms. The van der Waals surface area contributed by atoms with Crippen LogP contribution in [0.3, 0.4) is 0 Å². The van der Waals surface area contributed by atoms with Crippen molar-refractivity contribution in [1.82, 2.24) is 29.3 Å². The number of thioether (sulfide) groups is 1. The number of ether oxygens (including phenoxy) is 1. The number of para-hydroxylation sites is 1. The lowest BCUT2D eigenvalue weighted by atomic mass is 10.2. The zero-order chi connectivity index (χ0) is 23.5. The second-order valence-electron chi connectivity index (χ2n) is 7.45. The summed E-state index contributed by atoms with van der Waals surface area (Å²) in [5.74, 6) is 1.85. The number of rotatable bonds is 9. The van der Waals surface area contributed by atoms with Gasteiger partial charge in [-0.3, -0.25) is 13.8 Å². The van der Waals surface area contributed by atoms with Crippen molar-refractivity contribution in [3.63, 3.8) is 0 Å². The minimum atomic E-state index is -0.0898. The van der Waals surface area contributed by atoms with E-state index in [1.165, 1.54) is 11.8 Å². The van der Waals surface area contributed by atoms with Gasteiger partial charge in [-0.25, -0.2) is 0 Å². The van der Waals surface area contributed by atoms with Crippen LogP contribution in [-0.4, -0.2) is 42.5 Å². The molecule has 0 saturated heterocycles. The van der Waals surface area contributed by atoms with E-state index < -0.39 is 0 Å². The molecule has 11 heteroatoms. The van der Waals surface area contributed by atoms with Crippen LogP contribution in [0.15, 0.2) is 63.0 Å². The minimum absolute atomic E-state index is 0.0898. The first kappa shape index (κ1) is 22.6. The standard InChI is InChI=1S/C23H21ClN6O3S/c1-2-32-13-5-12-29-21(31)17-6-3-4-7-18(17)30-22(29)26-27-23(30)34-14-19-25-20(28-33-19)15-8-10-16(24)11-9-15/h3-4,6-11H,2,5,12-14H2,1H3. The third kappa shape index (κ3) is 4.44. The SMILES string of the molecule is CCOCCCn1c(=O)c2ccccc2n2c(SCc3nc(-c4ccc(Cl)cc4)no3)nnc12. The molecule has 3 aromatic heterocycles. The van der Waals surface area contributed by atoms with Crippen LogP contribution in [0.1, 0.15) is 19.2 Å². The molecule has 0 bridgehead atoms. The molecular weight excluding hydrogens is 476 g/mol. The molecule has 5 aromatic rings. The highest BCUT2D eigenvalue weighted by Gasteiger charge is 2.18. The second-order valence-corrected chi connectivity index (χ2v) is 8.83. The molecule has 174 valence electrons. The summed E-state index contributed by atoms with van der Waals surface area (Å²) < 4.78 is 14.4. The Labute approximate surface area is 203 Å². The summed E-state index contributed by atoms with van der Waals surface area (Å²) in [6.45, 7) is 3.66. The van der Waals surface area contributed by atoms with Gasteiger partial charge in [0, 0.05) is 30.3 Å². The Morgan fingerprint density at radius 2 is 1.94 bits per heavy atom. The van der Waals surface area contributed by atoms with Crippen LogP contribution < -0.4 is 5.56 Å². The fourth-order valence-corrected chi connectivity index (χ4v) is 4.56. The summed E-state index contributed by atoms with van der Waals surface area (Å²) in [5.41, 5.74) is 1.48. The Balaban J connectivity index is 1.45. The Morgan fingerprint density at radius 1 is 1.12 bits per heavy atom. The third-order valence-electron chi connectivity index (χ3n) is 5.25. The topological polar surface area (TPSA) is 100 Å². The number of fused-ring (bicyclic) bond motifs is 3. The average molecular weight is 497 g/mol. The van der Waals surface area contributed by atoms with Crippen LogP contribution in [0.4, 0.5) is 0 Å². The highest BCUT2D eigenvalue weighted by atomic mass is 35.5. The van der Waals surface area contributed by atoms with E-state index in [9.17, 15) is 4.79 Å². The maximum atomic E-state index is 13.1. The van der Waals surface area contributed by atoms with Crippen molar-refractivity contribution in [3.05, 3.63) is 69.8 Å². The van der Waals surface area contributed by atoms with Gasteiger partial charge in [0.1, 0.15) is 0 Å². The van der Waals surface area contributed by atoms with Crippen LogP contribution in [0.5, 0.6) is 0 Å². The molecule has 0 fully saturated rings. The fourth-order valence-electron chi connectivity index (χ4n) is 3.65. The van der Waals surface area contributed by atoms with Crippen molar-refractivity contribution in [2.75, 3.05) is 13.2 Å². The first-order valence-corrected chi connectivity index (χ1v) is 12.2. The van der Waals surface area contributed by atoms with Gasteiger partial charge in [0.2, 0.25) is 17.5 Å². The highest BCUT2D eigenvalue weighted by molar-refractivity contribution is 7.98. The predicted molar refractivity (Wildman–Crippen MR) is 130 cm³/mol. The molecule has 0 aliphatic rings. The molecule has 2 aromatic carbocycles. The van der Waals surface area contributed by atoms with Crippen LogP contribution in [0.2, 0.25) is 5.02 Å². The number of hydrogen-bond acceptors (Lipinski definition) is 8. The number of aromatic nitrogens is 6. The van der Waals surface area contributed by atoms with Gasteiger partial charge >= 0.3 is 0 Å². The van der Waals surface area contributed by atoms with Crippen LogP contribution in [-0.2, 0) is 17.0 Å². The van der Waals surface area contributed by atoms with Crippen molar-refractivity contribution in [1.29, 1.82) is 0 Å². The normalized spacial score (nSPS) is 11.6. The molecule has 0 aliphatic carbocycles. The second kappa shape index (κ2) is 9.96. The summed E-state index contributed by atoms with van der Waals surface area (Å²) >= 11 is 7.37. The lowest BCUT2D eigenvalue weighted by Crippen LogP contribution is -2.24. The average Bonchev–Trinajstić information content (AvgIpc) is 3.50. The van der Waals surface area contributed by atoms with Crippen LogP contribution >= 0.6 is 23.4 Å². The van der Waals surface area contributed by atoms with Crippen molar-refractivity contribution in [3.8, 4) is 11.4 Å². The zero-order valence-corrected chi connectivity index (χ0v) is 19.9. The smallest absolute Gasteiger partial charge is 0.262 e. The highest BCUT2D eigenvalue weighted by Crippen LogP contribution is 2.26. The molecule has 9 nitrogen and oxygen atoms in total. The first-order valence-electron chi connectivity index (χ1n) is 10.8. The van der Waals surface area contributed by atoms with Gasteiger partial charge in [-0.05, 0) is 49.7 Å². The summed E-state index contributed by atoms with van der Waals surface area (Å²) in [7, 11) is 0. The Kier molecular flexibility index (Phi) is 6.61. The third-order valence-corrected chi connectivity index (χ3v) is 6.41. The number of nitrogens with zero attached hydrogens (tertiary/aromatic N) is 6. The van der Waals surface area contributed by atoms with E-state index in [1.807, 2.05) is 47.7 Å². The molecular formula is C23H21ClN6O3S. The summed E-state index contributed by atoms with van der Waals surface area (Å²) in [5, 5.41) is 14.6. The van der Waals surface area contributed by atoms with E-state index in [4.69, 9.17) is 20.9 Å². The van der Waals surface area contributed by atoms with E-state index in [0.29, 0.717) is 65.0 Å². The number of hydrogen-bond donors (Lipinski definition) is 0. The molecule has 0 saturated carbocycles. The Hall–Kier alpha value is -3.21. The van der Waals surface area contributed by atoms with Gasteiger partial charge in [0.05, 0.1) is 16.7 Å². The largest absolute Gasteiger partial charge is 0.382 e. The molecule has 0 aliphatic heterocycles. The van der Waals surface area contributed by atoms with Crippen LogP contribution in [0, 0.1) is 0 Å². The van der Waals surface area contributed by atoms with Gasteiger partial charge in [0.15, 0.2) is 5.16 Å². The van der Waals surface area contributed by atoms with E-state index in [2.05, 4.69) is 20.3 Å². The molecule has 0 radical (unpaired) electrons.